The van der Waals surface area contributed by atoms with Crippen LogP contribution in [-0.2, 0) is 9.53 Å². The van der Waals surface area contributed by atoms with Crippen molar-refractivity contribution in [3.63, 3.8) is 0 Å². The molecule has 0 aliphatic carbocycles. The summed E-state index contributed by atoms with van der Waals surface area (Å²) < 4.78 is 4.74. The molecule has 0 aliphatic rings. The summed E-state index contributed by atoms with van der Waals surface area (Å²) in [6.45, 7) is 9.39. The molecule has 0 saturated carbocycles. The monoisotopic (exact) mass is 231 g/mol. The largest absolute Gasteiger partial charge is 0.468 e. The molecule has 0 rings (SSSR count). The molecule has 4 nitrogen and oxygen atoms in total. The van der Waals surface area contributed by atoms with E-state index >= 15 is 0 Å². The van der Waals surface area contributed by atoms with Gasteiger partial charge in [-0.15, -0.1) is 0 Å². The second kappa shape index (κ2) is 6.21. The third-order valence-electron chi connectivity index (χ3n) is 2.70. The van der Waals surface area contributed by atoms with Crippen molar-refractivity contribution >= 4 is 5.97 Å². The van der Waals surface area contributed by atoms with E-state index in [1.807, 2.05) is 20.8 Å². The van der Waals surface area contributed by atoms with Crippen LogP contribution in [0, 0.1) is 5.92 Å². The average molecular weight is 231 g/mol. The first-order valence-electron chi connectivity index (χ1n) is 5.74. The van der Waals surface area contributed by atoms with Crippen LogP contribution < -0.4 is 5.32 Å². The van der Waals surface area contributed by atoms with Crippen molar-refractivity contribution in [2.45, 2.75) is 58.7 Å². The van der Waals surface area contributed by atoms with Crippen LogP contribution in [0.5, 0.6) is 0 Å². The first-order valence-corrected chi connectivity index (χ1v) is 5.74. The summed E-state index contributed by atoms with van der Waals surface area (Å²) in [7, 11) is 1.38. The smallest absolute Gasteiger partial charge is 0.322 e. The number of esters is 1. The van der Waals surface area contributed by atoms with Crippen molar-refractivity contribution in [2.24, 2.45) is 5.92 Å². The Kier molecular flexibility index (Phi) is 5.97. The van der Waals surface area contributed by atoms with Gasteiger partial charge in [0.05, 0.1) is 12.7 Å². The van der Waals surface area contributed by atoms with Crippen LogP contribution in [0.4, 0.5) is 0 Å². The summed E-state index contributed by atoms with van der Waals surface area (Å²) in [5.74, 6) is 0.121. The van der Waals surface area contributed by atoms with Gasteiger partial charge in [0.2, 0.25) is 0 Å². The maximum atomic E-state index is 11.5. The van der Waals surface area contributed by atoms with Gasteiger partial charge in [0.15, 0.2) is 0 Å². The lowest BCUT2D eigenvalue weighted by Crippen LogP contribution is -2.52. The molecule has 0 aromatic rings. The van der Waals surface area contributed by atoms with Crippen LogP contribution >= 0.6 is 0 Å². The minimum atomic E-state index is -0.858. The van der Waals surface area contributed by atoms with Crippen LogP contribution in [-0.4, -0.2) is 35.9 Å². The number of aliphatic hydroxyl groups is 1. The van der Waals surface area contributed by atoms with Crippen molar-refractivity contribution in [1.82, 2.24) is 5.32 Å². The highest BCUT2D eigenvalue weighted by Gasteiger charge is 2.28. The van der Waals surface area contributed by atoms with E-state index in [0.29, 0.717) is 12.3 Å². The number of nitrogens with one attached hydrogen (secondary N) is 1. The zero-order valence-corrected chi connectivity index (χ0v) is 11.2. The molecule has 2 atom stereocenters. The molecule has 0 bridgehead atoms. The molecule has 0 fully saturated rings. The Morgan fingerprint density at radius 2 is 1.88 bits per heavy atom. The van der Waals surface area contributed by atoms with Crippen LogP contribution in [0.2, 0.25) is 0 Å². The van der Waals surface area contributed by atoms with Gasteiger partial charge in [-0.25, -0.2) is 0 Å². The highest BCUT2D eigenvalue weighted by atomic mass is 16.5. The van der Waals surface area contributed by atoms with E-state index in [9.17, 15) is 9.90 Å². The van der Waals surface area contributed by atoms with E-state index in [1.54, 1.807) is 13.8 Å². The van der Waals surface area contributed by atoms with Gasteiger partial charge < -0.3 is 9.84 Å². The molecule has 16 heavy (non-hydrogen) atoms. The average Bonchev–Trinajstić information content (AvgIpc) is 2.13. The molecule has 0 saturated heterocycles. The van der Waals surface area contributed by atoms with Crippen LogP contribution in [0.1, 0.15) is 41.0 Å². The summed E-state index contributed by atoms with van der Waals surface area (Å²) in [6, 6.07) is -0.526. The lowest BCUT2D eigenvalue weighted by atomic mass is 9.97. The molecule has 2 unspecified atom stereocenters. The molecule has 2 N–H and O–H groups in total. The number of hydrogen-bond acceptors (Lipinski definition) is 4. The zero-order valence-electron chi connectivity index (χ0n) is 11.2. The SMILES string of the molecule is COC(=O)C(CC(C)C)NC(C)C(C)(C)O. The number of ether oxygens (including phenoxy) is 1. The van der Waals surface area contributed by atoms with Gasteiger partial charge in [-0.05, 0) is 33.1 Å². The molecule has 0 aromatic carbocycles. The van der Waals surface area contributed by atoms with E-state index in [0.717, 1.165) is 0 Å². The molecule has 0 radical (unpaired) electrons. The predicted octanol–water partition coefficient (Wildman–Crippen LogP) is 1.32. The fourth-order valence-corrected chi connectivity index (χ4v) is 1.35. The van der Waals surface area contributed by atoms with Crippen molar-refractivity contribution < 1.29 is 14.6 Å². The molecule has 0 aromatic heterocycles. The molecule has 0 amide bonds. The predicted molar refractivity (Wildman–Crippen MR) is 64.2 cm³/mol. The van der Waals surface area contributed by atoms with E-state index < -0.39 is 5.60 Å². The Hall–Kier alpha value is -0.610. The Morgan fingerprint density at radius 3 is 2.19 bits per heavy atom. The first kappa shape index (κ1) is 15.4. The van der Waals surface area contributed by atoms with Crippen LogP contribution in [0.25, 0.3) is 0 Å². The van der Waals surface area contributed by atoms with Gasteiger partial charge in [0.25, 0.3) is 0 Å². The number of carbonyl (C=O) groups excluding carboxylic acids is 1. The maximum absolute atomic E-state index is 11.5. The van der Waals surface area contributed by atoms with Gasteiger partial charge in [-0.1, -0.05) is 13.8 Å². The number of carbonyl (C=O) groups is 1. The van der Waals surface area contributed by atoms with Crippen molar-refractivity contribution in [3.8, 4) is 0 Å². The number of hydrogen-bond donors (Lipinski definition) is 2. The third kappa shape index (κ3) is 5.47. The number of methoxy groups -OCH3 is 1. The summed E-state index contributed by atoms with van der Waals surface area (Å²) >= 11 is 0. The van der Waals surface area contributed by atoms with E-state index in [1.165, 1.54) is 7.11 Å². The van der Waals surface area contributed by atoms with E-state index in [-0.39, 0.29) is 18.1 Å². The Bertz CT molecular complexity index is 221. The summed E-state index contributed by atoms with van der Waals surface area (Å²) in [6.07, 6.45) is 0.701. The summed E-state index contributed by atoms with van der Waals surface area (Å²) in [5.41, 5.74) is -0.858. The lowest BCUT2D eigenvalue weighted by Gasteiger charge is -2.30. The molecule has 0 aliphatic heterocycles. The molecular formula is C12H25NO3. The standard InChI is InChI=1S/C12H25NO3/c1-8(2)7-10(11(14)16-6)13-9(3)12(4,5)15/h8-10,13,15H,7H2,1-6H3. The third-order valence-corrected chi connectivity index (χ3v) is 2.70. The normalized spacial score (nSPS) is 16.0. The quantitative estimate of drug-likeness (QED) is 0.677. The maximum Gasteiger partial charge on any atom is 0.322 e. The van der Waals surface area contributed by atoms with Gasteiger partial charge in [0, 0.05) is 6.04 Å². The molecule has 0 heterocycles. The Labute approximate surface area is 98.4 Å². The van der Waals surface area contributed by atoms with Gasteiger partial charge in [-0.2, -0.15) is 0 Å². The molecule has 4 heteroatoms. The van der Waals surface area contributed by atoms with Crippen LogP contribution in [0.15, 0.2) is 0 Å². The van der Waals surface area contributed by atoms with Crippen molar-refractivity contribution in [1.29, 1.82) is 0 Å². The summed E-state index contributed by atoms with van der Waals surface area (Å²) in [5, 5.41) is 12.9. The van der Waals surface area contributed by atoms with Crippen LogP contribution in [0.3, 0.4) is 0 Å². The zero-order chi connectivity index (χ0) is 12.9. The molecule has 0 spiro atoms. The fourth-order valence-electron chi connectivity index (χ4n) is 1.35. The van der Waals surface area contributed by atoms with Crippen molar-refractivity contribution in [3.05, 3.63) is 0 Å². The Balaban J connectivity index is 4.49. The van der Waals surface area contributed by atoms with E-state index in [4.69, 9.17) is 4.74 Å². The van der Waals surface area contributed by atoms with Crippen molar-refractivity contribution in [2.75, 3.05) is 7.11 Å². The van der Waals surface area contributed by atoms with E-state index in [2.05, 4.69) is 5.32 Å². The highest BCUT2D eigenvalue weighted by molar-refractivity contribution is 5.75. The highest BCUT2D eigenvalue weighted by Crippen LogP contribution is 2.12. The lowest BCUT2D eigenvalue weighted by molar-refractivity contribution is -0.144. The van der Waals surface area contributed by atoms with Gasteiger partial charge in [-0.3, -0.25) is 10.1 Å². The fraction of sp³-hybridized carbons (Fsp3) is 0.917. The van der Waals surface area contributed by atoms with Gasteiger partial charge >= 0.3 is 5.97 Å². The topological polar surface area (TPSA) is 58.6 Å². The minimum Gasteiger partial charge on any atom is -0.468 e. The molecule has 96 valence electrons. The molecular weight excluding hydrogens is 206 g/mol. The first-order chi connectivity index (χ1) is 7.18. The summed E-state index contributed by atoms with van der Waals surface area (Å²) in [4.78, 5) is 11.5. The van der Waals surface area contributed by atoms with Gasteiger partial charge in [0.1, 0.15) is 6.04 Å². The second-order valence-corrected chi connectivity index (χ2v) is 5.25. The number of rotatable bonds is 6. The Morgan fingerprint density at radius 1 is 1.38 bits per heavy atom. The minimum absolute atomic E-state index is 0.171. The second-order valence-electron chi connectivity index (χ2n) is 5.25.